The number of hydrogen-bond acceptors (Lipinski definition) is 5. The van der Waals surface area contributed by atoms with Crippen molar-refractivity contribution in [3.05, 3.63) is 89.6 Å². The van der Waals surface area contributed by atoms with Crippen LogP contribution in [0.15, 0.2) is 72.9 Å². The molecule has 0 bridgehead atoms. The summed E-state index contributed by atoms with van der Waals surface area (Å²) in [4.78, 5) is 17.2. The Balaban J connectivity index is 1.40. The molecule has 2 aromatic heterocycles. The van der Waals surface area contributed by atoms with Crippen LogP contribution >= 0.6 is 0 Å². The maximum Gasteiger partial charge on any atom is 0.253 e. The lowest BCUT2D eigenvalue weighted by Gasteiger charge is -2.23. The van der Waals surface area contributed by atoms with Crippen LogP contribution in [0.1, 0.15) is 21.5 Å². The molecule has 1 amide bonds. The Morgan fingerprint density at radius 2 is 1.76 bits per heavy atom. The molecule has 8 heteroatoms. The molecule has 1 unspecified atom stereocenters. The zero-order valence-corrected chi connectivity index (χ0v) is 23.4. The van der Waals surface area contributed by atoms with Gasteiger partial charge >= 0.3 is 0 Å². The van der Waals surface area contributed by atoms with Crippen molar-refractivity contribution in [2.45, 2.75) is 25.4 Å². The highest BCUT2D eigenvalue weighted by Crippen LogP contribution is 2.42. The van der Waals surface area contributed by atoms with E-state index in [9.17, 15) is 9.90 Å². The van der Waals surface area contributed by atoms with Crippen LogP contribution in [-0.2, 0) is 19.4 Å². The molecular formula is C33H33N3O5. The number of aliphatic hydroxyl groups is 1. The molecule has 8 nitrogen and oxygen atoms in total. The topological polar surface area (TPSA) is 97.7 Å². The van der Waals surface area contributed by atoms with Gasteiger partial charge in [-0.25, -0.2) is 0 Å². The third kappa shape index (κ3) is 4.80. The molecule has 6 rings (SSSR count). The molecule has 210 valence electrons. The second-order valence-corrected chi connectivity index (χ2v) is 10.2. The first kappa shape index (κ1) is 26.5. The number of carbonyl (C=O) groups is 1. The SMILES string of the molecule is COc1ccc(-c2c(C(=O)NC(CO)Cc3c[nH]c4ccccc34)cc3n2CCc2cc(OC)c(OC)cc2-3)cc1. The molecule has 0 aliphatic carbocycles. The van der Waals surface area contributed by atoms with Crippen molar-refractivity contribution < 1.29 is 24.1 Å². The van der Waals surface area contributed by atoms with Crippen LogP contribution in [0.4, 0.5) is 0 Å². The number of aromatic nitrogens is 2. The van der Waals surface area contributed by atoms with E-state index in [4.69, 9.17) is 14.2 Å². The van der Waals surface area contributed by atoms with Crippen LogP contribution in [0.3, 0.4) is 0 Å². The van der Waals surface area contributed by atoms with Crippen molar-refractivity contribution in [2.24, 2.45) is 0 Å². The number of nitrogens with one attached hydrogen (secondary N) is 2. The van der Waals surface area contributed by atoms with Crippen molar-refractivity contribution in [1.29, 1.82) is 0 Å². The van der Waals surface area contributed by atoms with Gasteiger partial charge in [-0.2, -0.15) is 0 Å². The Bertz CT molecular complexity index is 1720. The number of aromatic amines is 1. The van der Waals surface area contributed by atoms with Crippen molar-refractivity contribution >= 4 is 16.8 Å². The van der Waals surface area contributed by atoms with Gasteiger partial charge < -0.3 is 34.2 Å². The number of rotatable bonds is 9. The molecule has 0 radical (unpaired) electrons. The number of ether oxygens (including phenoxy) is 3. The van der Waals surface area contributed by atoms with E-state index in [0.717, 1.165) is 56.7 Å². The van der Waals surface area contributed by atoms with E-state index in [1.807, 2.05) is 72.9 Å². The second-order valence-electron chi connectivity index (χ2n) is 10.2. The Kier molecular flexibility index (Phi) is 7.15. The third-order valence-corrected chi connectivity index (χ3v) is 7.89. The maximum atomic E-state index is 14.0. The summed E-state index contributed by atoms with van der Waals surface area (Å²) in [6.45, 7) is 0.516. The number of nitrogens with zero attached hydrogens (tertiary/aromatic N) is 1. The van der Waals surface area contributed by atoms with Gasteiger partial charge in [0.25, 0.3) is 5.91 Å². The second kappa shape index (κ2) is 11.1. The lowest BCUT2D eigenvalue weighted by Crippen LogP contribution is -2.39. The fourth-order valence-corrected chi connectivity index (χ4v) is 5.83. The van der Waals surface area contributed by atoms with E-state index >= 15 is 0 Å². The predicted molar refractivity (Wildman–Crippen MR) is 159 cm³/mol. The molecule has 3 heterocycles. The highest BCUT2D eigenvalue weighted by Gasteiger charge is 2.28. The molecule has 3 aromatic carbocycles. The lowest BCUT2D eigenvalue weighted by molar-refractivity contribution is 0.0917. The molecule has 3 N–H and O–H groups in total. The highest BCUT2D eigenvalue weighted by molar-refractivity contribution is 6.02. The van der Waals surface area contributed by atoms with E-state index < -0.39 is 6.04 Å². The number of benzene rings is 3. The standard InChI is InChI=1S/C33H33N3O5/c1-39-24-10-8-20(9-11-24)32-27(16-29-26-17-31(41-3)30(40-2)15-21(26)12-13-36(29)32)33(38)35-23(19-37)14-22-18-34-28-7-5-4-6-25(22)28/h4-11,15-18,23,34,37H,12-14,19H2,1-3H3,(H,35,38). The van der Waals surface area contributed by atoms with Gasteiger partial charge in [0.05, 0.1) is 45.2 Å². The van der Waals surface area contributed by atoms with E-state index in [0.29, 0.717) is 30.0 Å². The van der Waals surface area contributed by atoms with Crippen LogP contribution in [-0.4, -0.2) is 54.5 Å². The number of amides is 1. The maximum absolute atomic E-state index is 14.0. The predicted octanol–water partition coefficient (Wildman–Crippen LogP) is 5.22. The Labute approximate surface area is 238 Å². The number of hydrogen-bond donors (Lipinski definition) is 3. The zero-order chi connectivity index (χ0) is 28.5. The van der Waals surface area contributed by atoms with Gasteiger partial charge in [0.2, 0.25) is 0 Å². The number of H-pyrrole nitrogens is 1. The van der Waals surface area contributed by atoms with Gasteiger partial charge in [0.1, 0.15) is 5.75 Å². The third-order valence-electron chi connectivity index (χ3n) is 7.89. The first-order valence-electron chi connectivity index (χ1n) is 13.6. The van der Waals surface area contributed by atoms with Crippen LogP contribution < -0.4 is 19.5 Å². The fourth-order valence-electron chi connectivity index (χ4n) is 5.83. The van der Waals surface area contributed by atoms with Gasteiger partial charge in [-0.1, -0.05) is 18.2 Å². The zero-order valence-electron chi connectivity index (χ0n) is 23.4. The molecule has 0 saturated carbocycles. The summed E-state index contributed by atoms with van der Waals surface area (Å²) in [6, 6.07) is 21.2. The van der Waals surface area contributed by atoms with Gasteiger partial charge in [-0.05, 0) is 78.1 Å². The minimum absolute atomic E-state index is 0.184. The Morgan fingerprint density at radius 1 is 1.00 bits per heavy atom. The Hall–Kier alpha value is -4.69. The summed E-state index contributed by atoms with van der Waals surface area (Å²) >= 11 is 0. The smallest absolute Gasteiger partial charge is 0.253 e. The fraction of sp³-hybridized carbons (Fsp3) is 0.242. The van der Waals surface area contributed by atoms with Gasteiger partial charge in [0, 0.05) is 34.9 Å². The van der Waals surface area contributed by atoms with Crippen molar-refractivity contribution in [1.82, 2.24) is 14.9 Å². The first-order chi connectivity index (χ1) is 20.0. The summed E-state index contributed by atoms with van der Waals surface area (Å²) < 4.78 is 18.7. The molecule has 1 aliphatic rings. The average molecular weight is 552 g/mol. The molecule has 1 aliphatic heterocycles. The number of carbonyl (C=O) groups excluding carboxylic acids is 1. The number of methoxy groups -OCH3 is 3. The van der Waals surface area contributed by atoms with Gasteiger partial charge in [-0.15, -0.1) is 0 Å². The van der Waals surface area contributed by atoms with Crippen LogP contribution in [0, 0.1) is 0 Å². The first-order valence-corrected chi connectivity index (χ1v) is 13.6. The normalized spacial score (nSPS) is 12.9. The van der Waals surface area contributed by atoms with Gasteiger partial charge in [0.15, 0.2) is 11.5 Å². The molecule has 0 fully saturated rings. The molecular weight excluding hydrogens is 518 g/mol. The van der Waals surface area contributed by atoms with E-state index in [2.05, 4.69) is 14.9 Å². The van der Waals surface area contributed by atoms with Crippen molar-refractivity contribution in [2.75, 3.05) is 27.9 Å². The highest BCUT2D eigenvalue weighted by atomic mass is 16.5. The molecule has 41 heavy (non-hydrogen) atoms. The average Bonchev–Trinajstić information content (AvgIpc) is 3.62. The van der Waals surface area contributed by atoms with Crippen molar-refractivity contribution in [3.8, 4) is 39.8 Å². The monoisotopic (exact) mass is 551 g/mol. The summed E-state index contributed by atoms with van der Waals surface area (Å²) in [5.41, 5.74) is 7.41. The Morgan fingerprint density at radius 3 is 2.49 bits per heavy atom. The lowest BCUT2D eigenvalue weighted by atomic mass is 9.97. The number of para-hydroxylation sites is 1. The van der Waals surface area contributed by atoms with Crippen LogP contribution in [0.2, 0.25) is 0 Å². The minimum atomic E-state index is -0.459. The summed E-state index contributed by atoms with van der Waals surface area (Å²) in [6.07, 6.45) is 3.22. The van der Waals surface area contributed by atoms with E-state index in [1.54, 1.807) is 21.3 Å². The number of aryl methyl sites for hydroxylation is 1. The largest absolute Gasteiger partial charge is 0.497 e. The molecule has 5 aromatic rings. The molecule has 0 saturated heterocycles. The summed E-state index contributed by atoms with van der Waals surface area (Å²) in [5.74, 6) is 1.82. The minimum Gasteiger partial charge on any atom is -0.497 e. The van der Waals surface area contributed by atoms with Crippen molar-refractivity contribution in [3.63, 3.8) is 0 Å². The van der Waals surface area contributed by atoms with Crippen LogP contribution in [0.5, 0.6) is 17.2 Å². The quantitative estimate of drug-likeness (QED) is 0.233. The summed E-state index contributed by atoms with van der Waals surface area (Å²) in [5, 5.41) is 14.5. The van der Waals surface area contributed by atoms with E-state index in [1.165, 1.54) is 0 Å². The molecule has 0 spiro atoms. The molecule has 1 atom stereocenters. The van der Waals surface area contributed by atoms with Crippen LogP contribution in [0.25, 0.3) is 33.4 Å². The van der Waals surface area contributed by atoms with Gasteiger partial charge in [-0.3, -0.25) is 4.79 Å². The van der Waals surface area contributed by atoms with E-state index in [-0.39, 0.29) is 12.5 Å². The number of fused-ring (bicyclic) bond motifs is 4. The summed E-state index contributed by atoms with van der Waals surface area (Å²) in [7, 11) is 4.89. The number of aliphatic hydroxyl groups excluding tert-OH is 1.